The largest absolute Gasteiger partial charge is 0.394 e. The van der Waals surface area contributed by atoms with E-state index in [1.165, 1.54) is 7.11 Å². The quantitative estimate of drug-likeness (QED) is 0.611. The van der Waals surface area contributed by atoms with E-state index in [4.69, 9.17) is 24.1 Å². The van der Waals surface area contributed by atoms with Gasteiger partial charge in [-0.25, -0.2) is 0 Å². The molecule has 0 radical (unpaired) electrons. The fourth-order valence-corrected chi connectivity index (χ4v) is 2.03. The molecule has 0 spiro atoms. The maximum absolute atomic E-state index is 9.83. The summed E-state index contributed by atoms with van der Waals surface area (Å²) < 4.78 is 21.1. The van der Waals surface area contributed by atoms with Crippen molar-refractivity contribution in [2.45, 2.75) is 43.9 Å². The first-order chi connectivity index (χ1) is 7.17. The first-order valence-corrected chi connectivity index (χ1v) is 4.95. The van der Waals surface area contributed by atoms with Gasteiger partial charge in [0.2, 0.25) is 0 Å². The Morgan fingerprint density at radius 1 is 1.20 bits per heavy atom. The highest BCUT2D eigenvalue weighted by molar-refractivity contribution is 4.94. The van der Waals surface area contributed by atoms with Crippen molar-refractivity contribution >= 4 is 0 Å². The summed E-state index contributed by atoms with van der Waals surface area (Å²) in [5, 5.41) is 19.0. The normalized spacial score (nSPS) is 50.4. The molecule has 88 valence electrons. The van der Waals surface area contributed by atoms with Crippen LogP contribution in [0.4, 0.5) is 0 Å². The van der Waals surface area contributed by atoms with Crippen molar-refractivity contribution in [3.63, 3.8) is 0 Å². The minimum atomic E-state index is -0.896. The first-order valence-electron chi connectivity index (χ1n) is 4.95. The summed E-state index contributed by atoms with van der Waals surface area (Å²) in [5.41, 5.74) is 0. The SMILES string of the molecule is COC1OC(CO)C2OC(C)OC2C1O. The van der Waals surface area contributed by atoms with Gasteiger partial charge in [0.05, 0.1) is 6.61 Å². The van der Waals surface area contributed by atoms with Crippen LogP contribution in [-0.2, 0) is 18.9 Å². The topological polar surface area (TPSA) is 77.4 Å². The van der Waals surface area contributed by atoms with Gasteiger partial charge in [-0.1, -0.05) is 0 Å². The molecule has 0 aromatic rings. The molecule has 2 aliphatic heterocycles. The molecule has 6 unspecified atom stereocenters. The Hall–Kier alpha value is -0.240. The molecule has 15 heavy (non-hydrogen) atoms. The van der Waals surface area contributed by atoms with Crippen LogP contribution < -0.4 is 0 Å². The van der Waals surface area contributed by atoms with Gasteiger partial charge >= 0.3 is 0 Å². The highest BCUT2D eigenvalue weighted by atomic mass is 16.8. The average Bonchev–Trinajstić information content (AvgIpc) is 2.61. The molecule has 2 aliphatic rings. The summed E-state index contributed by atoms with van der Waals surface area (Å²) in [6, 6.07) is 0. The Balaban J connectivity index is 2.13. The monoisotopic (exact) mass is 220 g/mol. The molecule has 6 atom stereocenters. The molecule has 0 saturated carbocycles. The Morgan fingerprint density at radius 3 is 2.47 bits per heavy atom. The third kappa shape index (κ3) is 1.89. The Bertz CT molecular complexity index is 223. The van der Waals surface area contributed by atoms with E-state index in [9.17, 15) is 5.11 Å². The summed E-state index contributed by atoms with van der Waals surface area (Å²) in [6.45, 7) is 1.55. The molecule has 2 fully saturated rings. The standard InChI is InChI=1S/C9H16O6/c1-4-13-7-5(3-10)15-9(12-2)6(11)8(7)14-4/h4-11H,3H2,1-2H3. The van der Waals surface area contributed by atoms with E-state index in [0.29, 0.717) is 0 Å². The van der Waals surface area contributed by atoms with Gasteiger partial charge in [0, 0.05) is 7.11 Å². The minimum Gasteiger partial charge on any atom is -0.394 e. The van der Waals surface area contributed by atoms with E-state index in [1.807, 2.05) is 0 Å². The second kappa shape index (κ2) is 4.32. The summed E-state index contributed by atoms with van der Waals surface area (Å²) in [6.07, 6.45) is -3.54. The van der Waals surface area contributed by atoms with Crippen molar-refractivity contribution in [1.82, 2.24) is 0 Å². The molecule has 0 aromatic carbocycles. The smallest absolute Gasteiger partial charge is 0.186 e. The van der Waals surface area contributed by atoms with Crippen molar-refractivity contribution in [3.05, 3.63) is 0 Å². The fourth-order valence-electron chi connectivity index (χ4n) is 2.03. The lowest BCUT2D eigenvalue weighted by molar-refractivity contribution is -0.274. The number of aliphatic hydroxyl groups excluding tert-OH is 2. The number of methoxy groups -OCH3 is 1. The number of hydrogen-bond acceptors (Lipinski definition) is 6. The van der Waals surface area contributed by atoms with E-state index in [2.05, 4.69) is 0 Å². The van der Waals surface area contributed by atoms with Gasteiger partial charge in [0.15, 0.2) is 12.6 Å². The molecule has 2 rings (SSSR count). The lowest BCUT2D eigenvalue weighted by Crippen LogP contribution is -2.57. The van der Waals surface area contributed by atoms with Crippen molar-refractivity contribution < 1.29 is 29.2 Å². The second-order valence-corrected chi connectivity index (χ2v) is 3.72. The van der Waals surface area contributed by atoms with Crippen molar-refractivity contribution in [3.8, 4) is 0 Å². The highest BCUT2D eigenvalue weighted by Gasteiger charge is 2.51. The number of ether oxygens (including phenoxy) is 4. The zero-order chi connectivity index (χ0) is 11.0. The molecule has 2 N–H and O–H groups in total. The molecule has 0 aromatic heterocycles. The van der Waals surface area contributed by atoms with E-state index < -0.39 is 37.0 Å². The number of fused-ring (bicyclic) bond motifs is 1. The van der Waals surface area contributed by atoms with Crippen molar-refractivity contribution in [2.75, 3.05) is 13.7 Å². The third-order valence-corrected chi connectivity index (χ3v) is 2.72. The van der Waals surface area contributed by atoms with Crippen molar-refractivity contribution in [2.24, 2.45) is 0 Å². The van der Waals surface area contributed by atoms with Crippen molar-refractivity contribution in [1.29, 1.82) is 0 Å². The molecular weight excluding hydrogens is 204 g/mol. The van der Waals surface area contributed by atoms with Gasteiger partial charge in [-0.3, -0.25) is 0 Å². The Kier molecular flexibility index (Phi) is 3.24. The summed E-state index contributed by atoms with van der Waals surface area (Å²) in [4.78, 5) is 0. The van der Waals surface area contributed by atoms with E-state index in [-0.39, 0.29) is 6.61 Å². The summed E-state index contributed by atoms with van der Waals surface area (Å²) in [7, 11) is 1.43. The van der Waals surface area contributed by atoms with Gasteiger partial charge in [-0.15, -0.1) is 0 Å². The van der Waals surface area contributed by atoms with Crippen LogP contribution in [0.2, 0.25) is 0 Å². The first kappa shape index (κ1) is 11.3. The number of aliphatic hydroxyl groups is 2. The number of rotatable bonds is 2. The Morgan fingerprint density at radius 2 is 1.87 bits per heavy atom. The molecule has 0 aliphatic carbocycles. The zero-order valence-electron chi connectivity index (χ0n) is 8.70. The molecule has 6 nitrogen and oxygen atoms in total. The van der Waals surface area contributed by atoms with Crippen LogP contribution in [0.5, 0.6) is 0 Å². The zero-order valence-corrected chi connectivity index (χ0v) is 8.70. The lowest BCUT2D eigenvalue weighted by Gasteiger charge is -2.38. The molecule has 0 amide bonds. The van der Waals surface area contributed by atoms with Gasteiger partial charge in [0.25, 0.3) is 0 Å². The maximum Gasteiger partial charge on any atom is 0.186 e. The molecule has 0 bridgehead atoms. The van der Waals surface area contributed by atoms with Gasteiger partial charge in [-0.2, -0.15) is 0 Å². The molecule has 6 heteroatoms. The van der Waals surface area contributed by atoms with Gasteiger partial charge in [-0.05, 0) is 6.92 Å². The average molecular weight is 220 g/mol. The van der Waals surface area contributed by atoms with E-state index in [1.54, 1.807) is 6.92 Å². The van der Waals surface area contributed by atoms with Crippen LogP contribution in [0.3, 0.4) is 0 Å². The number of hydrogen-bond donors (Lipinski definition) is 2. The summed E-state index contributed by atoms with van der Waals surface area (Å²) in [5.74, 6) is 0. The van der Waals surface area contributed by atoms with Crippen LogP contribution in [0, 0.1) is 0 Å². The molecule has 2 heterocycles. The molecule has 2 saturated heterocycles. The maximum atomic E-state index is 9.83. The van der Waals surface area contributed by atoms with Gasteiger partial charge in [0.1, 0.15) is 24.4 Å². The Labute approximate surface area is 87.7 Å². The van der Waals surface area contributed by atoms with Crippen LogP contribution in [0.1, 0.15) is 6.92 Å². The fraction of sp³-hybridized carbons (Fsp3) is 1.00. The third-order valence-electron chi connectivity index (χ3n) is 2.72. The van der Waals surface area contributed by atoms with Gasteiger partial charge < -0.3 is 29.2 Å². The second-order valence-electron chi connectivity index (χ2n) is 3.72. The van der Waals surface area contributed by atoms with Crippen LogP contribution >= 0.6 is 0 Å². The van der Waals surface area contributed by atoms with Crippen LogP contribution in [0.15, 0.2) is 0 Å². The van der Waals surface area contributed by atoms with E-state index >= 15 is 0 Å². The predicted molar refractivity (Wildman–Crippen MR) is 48.0 cm³/mol. The summed E-state index contributed by atoms with van der Waals surface area (Å²) >= 11 is 0. The minimum absolute atomic E-state index is 0.191. The lowest BCUT2D eigenvalue weighted by atomic mass is 9.99. The van der Waals surface area contributed by atoms with Crippen LogP contribution in [0.25, 0.3) is 0 Å². The van der Waals surface area contributed by atoms with E-state index in [0.717, 1.165) is 0 Å². The predicted octanol–water partition coefficient (Wildman–Crippen LogP) is -1.16. The molecular formula is C9H16O6. The van der Waals surface area contributed by atoms with Crippen LogP contribution in [-0.4, -0.2) is 60.9 Å². The highest BCUT2D eigenvalue weighted by Crippen LogP contribution is 2.32.